The number of nitrogens with zero attached hydrogens (tertiary/aromatic N) is 3. The van der Waals surface area contributed by atoms with Crippen LogP contribution in [0.3, 0.4) is 0 Å². The first-order valence-corrected chi connectivity index (χ1v) is 10.8. The van der Waals surface area contributed by atoms with E-state index < -0.39 is 0 Å². The van der Waals surface area contributed by atoms with Crippen LogP contribution in [0.15, 0.2) is 5.38 Å². The first-order chi connectivity index (χ1) is 13.5. The average Bonchev–Trinajstić information content (AvgIpc) is 3.11. The summed E-state index contributed by atoms with van der Waals surface area (Å²) in [6, 6.07) is -0.274. The number of amides is 3. The number of morpholine rings is 1. The van der Waals surface area contributed by atoms with Crippen LogP contribution in [0, 0.1) is 0 Å². The smallest absolute Gasteiger partial charge is 0.273 e. The van der Waals surface area contributed by atoms with Gasteiger partial charge < -0.3 is 19.9 Å². The minimum absolute atomic E-state index is 0.0935. The average molecular weight is 409 g/mol. The number of nitrogens with one attached hydrogen (secondary N) is 1. The Kier molecular flexibility index (Phi) is 7.38. The van der Waals surface area contributed by atoms with E-state index in [1.54, 1.807) is 15.2 Å². The lowest BCUT2D eigenvalue weighted by molar-refractivity contribution is -0.131. The summed E-state index contributed by atoms with van der Waals surface area (Å²) < 4.78 is 5.27. The number of rotatable bonds is 6. The lowest BCUT2D eigenvalue weighted by atomic mass is 10.2. The summed E-state index contributed by atoms with van der Waals surface area (Å²) in [6.45, 7) is 5.30. The molecule has 2 aliphatic rings. The van der Waals surface area contributed by atoms with Crippen molar-refractivity contribution < 1.29 is 19.1 Å². The van der Waals surface area contributed by atoms with Crippen LogP contribution < -0.4 is 5.32 Å². The largest absolute Gasteiger partial charge is 0.378 e. The van der Waals surface area contributed by atoms with E-state index >= 15 is 0 Å². The normalized spacial score (nSPS) is 19.2. The molecule has 1 N–H and O–H groups in total. The lowest BCUT2D eigenvalue weighted by Gasteiger charge is -2.26. The standard InChI is InChI=1S/C19H28N4O4S/c1-14(20-16(24)6-8-22-7-4-2-3-5-17(22)25)18-21-15(13-28-18)19(26)23-9-11-27-12-10-23/h13-14H,2-12H2,1H3,(H,20,24)/t14-/m1/s1. The van der Waals surface area contributed by atoms with Gasteiger partial charge >= 0.3 is 0 Å². The Morgan fingerprint density at radius 2 is 2.04 bits per heavy atom. The van der Waals surface area contributed by atoms with Gasteiger partial charge in [0.2, 0.25) is 11.8 Å². The maximum absolute atomic E-state index is 12.5. The van der Waals surface area contributed by atoms with Gasteiger partial charge in [0.15, 0.2) is 0 Å². The Bertz CT molecular complexity index is 702. The SMILES string of the molecule is C[C@@H](NC(=O)CCN1CCCCCC1=O)c1nc(C(=O)N2CCOCC2)cs1. The van der Waals surface area contributed by atoms with Crippen molar-refractivity contribution in [3.05, 3.63) is 16.1 Å². The van der Waals surface area contributed by atoms with Gasteiger partial charge in [-0.1, -0.05) is 6.42 Å². The minimum atomic E-state index is -0.274. The van der Waals surface area contributed by atoms with E-state index in [0.717, 1.165) is 25.8 Å². The van der Waals surface area contributed by atoms with Crippen LogP contribution in [0.2, 0.25) is 0 Å². The lowest BCUT2D eigenvalue weighted by Crippen LogP contribution is -2.40. The summed E-state index contributed by atoms with van der Waals surface area (Å²) in [5.41, 5.74) is 0.415. The molecule has 1 aromatic rings. The van der Waals surface area contributed by atoms with Crippen LogP contribution in [-0.4, -0.2) is 71.9 Å². The van der Waals surface area contributed by atoms with E-state index in [2.05, 4.69) is 10.3 Å². The van der Waals surface area contributed by atoms with Crippen molar-refractivity contribution in [2.75, 3.05) is 39.4 Å². The molecule has 3 amide bonds. The van der Waals surface area contributed by atoms with Gasteiger partial charge in [-0.05, 0) is 19.8 Å². The van der Waals surface area contributed by atoms with Crippen molar-refractivity contribution in [1.29, 1.82) is 0 Å². The van der Waals surface area contributed by atoms with Gasteiger partial charge in [0.25, 0.3) is 5.91 Å². The number of ether oxygens (including phenoxy) is 1. The molecule has 1 aromatic heterocycles. The molecule has 0 aliphatic carbocycles. The predicted octanol–water partition coefficient (Wildman–Crippen LogP) is 1.59. The summed E-state index contributed by atoms with van der Waals surface area (Å²) in [4.78, 5) is 44.7. The molecule has 0 aromatic carbocycles. The summed E-state index contributed by atoms with van der Waals surface area (Å²) in [6.07, 6.45) is 3.87. The van der Waals surface area contributed by atoms with Gasteiger partial charge in [0.05, 0.1) is 19.3 Å². The Hall–Kier alpha value is -2.00. The van der Waals surface area contributed by atoms with Crippen LogP contribution in [-0.2, 0) is 14.3 Å². The first kappa shape index (κ1) is 20.7. The van der Waals surface area contributed by atoms with E-state index in [1.165, 1.54) is 11.3 Å². The molecular weight excluding hydrogens is 380 g/mol. The van der Waals surface area contributed by atoms with E-state index in [-0.39, 0.29) is 30.2 Å². The summed E-state index contributed by atoms with van der Waals surface area (Å²) in [5, 5.41) is 5.37. The van der Waals surface area contributed by atoms with E-state index in [4.69, 9.17) is 4.74 Å². The highest BCUT2D eigenvalue weighted by molar-refractivity contribution is 7.09. The van der Waals surface area contributed by atoms with Gasteiger partial charge in [0, 0.05) is 44.4 Å². The molecule has 8 nitrogen and oxygen atoms in total. The molecule has 2 fully saturated rings. The van der Waals surface area contributed by atoms with Gasteiger partial charge in [-0.15, -0.1) is 11.3 Å². The van der Waals surface area contributed by atoms with E-state index in [0.29, 0.717) is 50.0 Å². The summed E-state index contributed by atoms with van der Waals surface area (Å²) in [5.74, 6) is -0.0608. The monoisotopic (exact) mass is 408 g/mol. The summed E-state index contributed by atoms with van der Waals surface area (Å²) >= 11 is 1.37. The van der Waals surface area contributed by atoms with Crippen LogP contribution in [0.5, 0.6) is 0 Å². The molecular formula is C19H28N4O4S. The number of likely N-dealkylation sites (tertiary alicyclic amines) is 1. The highest BCUT2D eigenvalue weighted by Crippen LogP contribution is 2.20. The number of hydrogen-bond donors (Lipinski definition) is 1. The van der Waals surface area contributed by atoms with Gasteiger partial charge in [-0.3, -0.25) is 14.4 Å². The zero-order valence-electron chi connectivity index (χ0n) is 16.3. The maximum Gasteiger partial charge on any atom is 0.273 e. The molecule has 9 heteroatoms. The molecule has 0 bridgehead atoms. The quantitative estimate of drug-likeness (QED) is 0.772. The molecule has 0 spiro atoms. The number of hydrogen-bond acceptors (Lipinski definition) is 6. The number of aromatic nitrogens is 1. The van der Waals surface area contributed by atoms with Crippen molar-refractivity contribution in [3.8, 4) is 0 Å². The third kappa shape index (κ3) is 5.51. The first-order valence-electron chi connectivity index (χ1n) is 9.94. The highest BCUT2D eigenvalue weighted by atomic mass is 32.1. The van der Waals surface area contributed by atoms with Crippen molar-refractivity contribution in [1.82, 2.24) is 20.1 Å². The third-order valence-corrected chi connectivity index (χ3v) is 6.09. The Morgan fingerprint density at radius 3 is 2.82 bits per heavy atom. The van der Waals surface area contributed by atoms with Crippen molar-refractivity contribution in [3.63, 3.8) is 0 Å². The van der Waals surface area contributed by atoms with Crippen molar-refractivity contribution in [2.24, 2.45) is 0 Å². The van der Waals surface area contributed by atoms with Gasteiger partial charge in [0.1, 0.15) is 10.7 Å². The Morgan fingerprint density at radius 1 is 1.25 bits per heavy atom. The summed E-state index contributed by atoms with van der Waals surface area (Å²) in [7, 11) is 0. The van der Waals surface area contributed by atoms with Crippen LogP contribution in [0.25, 0.3) is 0 Å². The van der Waals surface area contributed by atoms with Crippen LogP contribution in [0.4, 0.5) is 0 Å². The molecule has 2 saturated heterocycles. The van der Waals surface area contributed by atoms with Crippen molar-refractivity contribution in [2.45, 2.75) is 45.1 Å². The Balaban J connectivity index is 1.48. The highest BCUT2D eigenvalue weighted by Gasteiger charge is 2.23. The Labute approximate surface area is 169 Å². The molecule has 0 unspecified atom stereocenters. The molecule has 3 heterocycles. The van der Waals surface area contributed by atoms with Crippen LogP contribution >= 0.6 is 11.3 Å². The fraction of sp³-hybridized carbons (Fsp3) is 0.684. The number of carbonyl (C=O) groups is 3. The fourth-order valence-electron chi connectivity index (χ4n) is 3.40. The molecule has 2 aliphatic heterocycles. The second-order valence-corrected chi connectivity index (χ2v) is 8.10. The third-order valence-electron chi connectivity index (χ3n) is 5.07. The molecule has 154 valence electrons. The number of thiazole rings is 1. The molecule has 3 rings (SSSR count). The minimum Gasteiger partial charge on any atom is -0.378 e. The fourth-order valence-corrected chi connectivity index (χ4v) is 4.20. The van der Waals surface area contributed by atoms with E-state index in [9.17, 15) is 14.4 Å². The van der Waals surface area contributed by atoms with Crippen LogP contribution in [0.1, 0.15) is 60.6 Å². The van der Waals surface area contributed by atoms with Gasteiger partial charge in [-0.2, -0.15) is 0 Å². The maximum atomic E-state index is 12.5. The second-order valence-electron chi connectivity index (χ2n) is 7.21. The van der Waals surface area contributed by atoms with Gasteiger partial charge in [-0.25, -0.2) is 4.98 Å². The predicted molar refractivity (Wildman–Crippen MR) is 105 cm³/mol. The number of carbonyl (C=O) groups excluding carboxylic acids is 3. The zero-order valence-corrected chi connectivity index (χ0v) is 17.1. The molecule has 28 heavy (non-hydrogen) atoms. The van der Waals surface area contributed by atoms with E-state index in [1.807, 2.05) is 6.92 Å². The topological polar surface area (TPSA) is 91.8 Å². The zero-order chi connectivity index (χ0) is 19.9. The molecule has 1 atom stereocenters. The molecule has 0 saturated carbocycles. The second kappa shape index (κ2) is 9.97. The van der Waals surface area contributed by atoms with Crippen molar-refractivity contribution >= 4 is 29.1 Å². The molecule has 0 radical (unpaired) electrons.